The van der Waals surface area contributed by atoms with Gasteiger partial charge in [-0.3, -0.25) is 14.4 Å². The Morgan fingerprint density at radius 3 is 0.818 bits per heavy atom. The lowest BCUT2D eigenvalue weighted by molar-refractivity contribution is -0.167. The Kier molecular flexibility index (Phi) is 62.2. The molecular weight excluding hydrogens is 949 g/mol. The average molecular weight is 1070 g/mol. The molecule has 0 fully saturated rings. The van der Waals surface area contributed by atoms with Gasteiger partial charge in [0.15, 0.2) is 6.10 Å². The molecule has 77 heavy (non-hydrogen) atoms. The minimum atomic E-state index is -0.776. The van der Waals surface area contributed by atoms with Crippen LogP contribution in [0.25, 0.3) is 0 Å². The summed E-state index contributed by atoms with van der Waals surface area (Å²) < 4.78 is 16.9. The summed E-state index contributed by atoms with van der Waals surface area (Å²) >= 11 is 0. The molecule has 0 amide bonds. The Labute approximate surface area is 477 Å². The van der Waals surface area contributed by atoms with Gasteiger partial charge in [0, 0.05) is 19.3 Å². The van der Waals surface area contributed by atoms with Crippen molar-refractivity contribution in [3.8, 4) is 0 Å². The van der Waals surface area contributed by atoms with Crippen molar-refractivity contribution >= 4 is 17.9 Å². The molecule has 444 valence electrons. The van der Waals surface area contributed by atoms with E-state index in [1.807, 2.05) is 0 Å². The van der Waals surface area contributed by atoms with E-state index in [2.05, 4.69) is 106 Å². The van der Waals surface area contributed by atoms with Gasteiger partial charge in [0.25, 0.3) is 0 Å². The van der Waals surface area contributed by atoms with Crippen molar-refractivity contribution in [2.24, 2.45) is 0 Å². The molecule has 0 aliphatic heterocycles. The molecule has 0 spiro atoms. The Morgan fingerprint density at radius 1 is 0.273 bits per heavy atom. The zero-order valence-corrected chi connectivity index (χ0v) is 51.0. The van der Waals surface area contributed by atoms with Gasteiger partial charge in [0.05, 0.1) is 0 Å². The van der Waals surface area contributed by atoms with Gasteiger partial charge in [-0.25, -0.2) is 0 Å². The Hall–Kier alpha value is -3.41. The first-order chi connectivity index (χ1) is 38.0. The van der Waals surface area contributed by atoms with E-state index in [1.54, 1.807) is 0 Å². The van der Waals surface area contributed by atoms with Gasteiger partial charge >= 0.3 is 17.9 Å². The maximum atomic E-state index is 12.8. The number of allylic oxidation sites excluding steroid dienone is 14. The highest BCUT2D eigenvalue weighted by Gasteiger charge is 2.19. The van der Waals surface area contributed by atoms with Crippen molar-refractivity contribution < 1.29 is 28.6 Å². The average Bonchev–Trinajstić information content (AvgIpc) is 3.43. The topological polar surface area (TPSA) is 78.9 Å². The Morgan fingerprint density at radius 2 is 0.506 bits per heavy atom. The summed E-state index contributed by atoms with van der Waals surface area (Å²) in [5, 5.41) is 0. The molecule has 0 N–H and O–H groups in total. The lowest BCUT2D eigenvalue weighted by atomic mass is 10.0. The van der Waals surface area contributed by atoms with E-state index in [1.165, 1.54) is 180 Å². The second-order valence-electron chi connectivity index (χ2n) is 22.0. The van der Waals surface area contributed by atoms with Gasteiger partial charge in [-0.05, 0) is 96.3 Å². The predicted octanol–water partition coefficient (Wildman–Crippen LogP) is 22.7. The zero-order chi connectivity index (χ0) is 55.7. The van der Waals surface area contributed by atoms with E-state index in [0.29, 0.717) is 19.3 Å². The first-order valence-corrected chi connectivity index (χ1v) is 33.1. The van der Waals surface area contributed by atoms with Crippen LogP contribution >= 0.6 is 0 Å². The van der Waals surface area contributed by atoms with Crippen LogP contribution in [0.15, 0.2) is 85.1 Å². The lowest BCUT2D eigenvalue weighted by Crippen LogP contribution is -2.30. The molecule has 0 radical (unpaired) electrons. The number of carbonyl (C=O) groups is 3. The van der Waals surface area contributed by atoms with Crippen molar-refractivity contribution in [2.45, 2.75) is 335 Å². The van der Waals surface area contributed by atoms with Gasteiger partial charge in [-0.15, -0.1) is 0 Å². The molecule has 0 bridgehead atoms. The fourth-order valence-corrected chi connectivity index (χ4v) is 9.44. The highest BCUT2D eigenvalue weighted by molar-refractivity contribution is 5.71. The van der Waals surface area contributed by atoms with Crippen molar-refractivity contribution in [1.82, 2.24) is 0 Å². The number of esters is 3. The second kappa shape index (κ2) is 65.1. The molecule has 0 aromatic rings. The molecule has 1 atom stereocenters. The SMILES string of the molecule is CC/C=C\C/C=C\C/C=C\C/C=C\C/C=C\C/C=C\CCCCCCCCCCCCCCCCCCC(=O)OCC(COC(=O)CCCCCCCCCCCCC)OC(=O)CCCCCCC/C=C\CCCCCC. The maximum absolute atomic E-state index is 12.8. The summed E-state index contributed by atoms with van der Waals surface area (Å²) in [6.45, 7) is 6.52. The summed E-state index contributed by atoms with van der Waals surface area (Å²) in [5.41, 5.74) is 0. The standard InChI is InChI=1S/C71H124O6/c1-4-7-10-13-16-19-22-24-25-26-27-28-29-30-31-32-33-34-35-36-37-38-39-40-41-42-43-44-45-47-49-52-55-58-61-64-70(73)76-67-68(66-75-69(72)63-60-57-54-51-48-21-18-15-12-9-6-3)77-71(74)65-62-59-56-53-50-46-23-20-17-14-11-8-5-2/h7,10,16,19-20,23-25,27-28,30-31,33-34,68H,4-6,8-9,11-15,17-18,21-22,26,29,32,35-67H2,1-3H3/b10-7-,19-16-,23-20-,25-24-,28-27-,31-30-,34-33-. The number of rotatable bonds is 60. The first-order valence-electron chi connectivity index (χ1n) is 33.1. The molecule has 6 nitrogen and oxygen atoms in total. The number of carbonyl (C=O) groups excluding carboxylic acids is 3. The largest absolute Gasteiger partial charge is 0.462 e. The van der Waals surface area contributed by atoms with E-state index in [-0.39, 0.29) is 31.1 Å². The van der Waals surface area contributed by atoms with Crippen LogP contribution in [0.1, 0.15) is 329 Å². The first kappa shape index (κ1) is 73.6. The summed E-state index contributed by atoms with van der Waals surface area (Å²) in [7, 11) is 0. The summed E-state index contributed by atoms with van der Waals surface area (Å²) in [6.07, 6.45) is 86.1. The highest BCUT2D eigenvalue weighted by atomic mass is 16.6. The third kappa shape index (κ3) is 63.3. The second-order valence-corrected chi connectivity index (χ2v) is 22.0. The summed E-state index contributed by atoms with van der Waals surface area (Å²) in [6, 6.07) is 0. The number of unbranched alkanes of at least 4 members (excludes halogenated alkanes) is 35. The molecular formula is C71H124O6. The number of ether oxygens (including phenoxy) is 3. The molecule has 0 saturated carbocycles. The van der Waals surface area contributed by atoms with E-state index in [0.717, 1.165) is 109 Å². The smallest absolute Gasteiger partial charge is 0.306 e. The molecule has 0 rings (SSSR count). The Balaban J connectivity index is 4.07. The predicted molar refractivity (Wildman–Crippen MR) is 334 cm³/mol. The quantitative estimate of drug-likeness (QED) is 0.0261. The molecule has 0 aliphatic rings. The minimum absolute atomic E-state index is 0.0741. The summed E-state index contributed by atoms with van der Waals surface area (Å²) in [4.78, 5) is 38.2. The van der Waals surface area contributed by atoms with Crippen LogP contribution in [0.3, 0.4) is 0 Å². The van der Waals surface area contributed by atoms with Gasteiger partial charge in [-0.1, -0.05) is 298 Å². The fraction of sp³-hybridized carbons (Fsp3) is 0.761. The van der Waals surface area contributed by atoms with Crippen LogP contribution in [0.4, 0.5) is 0 Å². The normalized spacial score (nSPS) is 12.6. The molecule has 0 heterocycles. The van der Waals surface area contributed by atoms with Crippen molar-refractivity contribution in [2.75, 3.05) is 13.2 Å². The maximum Gasteiger partial charge on any atom is 0.306 e. The summed E-state index contributed by atoms with van der Waals surface area (Å²) in [5.74, 6) is -0.870. The van der Waals surface area contributed by atoms with Crippen molar-refractivity contribution in [3.63, 3.8) is 0 Å². The number of hydrogen-bond donors (Lipinski definition) is 0. The molecule has 0 aromatic carbocycles. The van der Waals surface area contributed by atoms with Crippen LogP contribution in [0, 0.1) is 0 Å². The van der Waals surface area contributed by atoms with Crippen LogP contribution in [0.2, 0.25) is 0 Å². The van der Waals surface area contributed by atoms with E-state index in [4.69, 9.17) is 14.2 Å². The number of hydrogen-bond acceptors (Lipinski definition) is 6. The molecule has 0 aromatic heterocycles. The third-order valence-electron chi connectivity index (χ3n) is 14.4. The van der Waals surface area contributed by atoms with Gasteiger partial charge in [-0.2, -0.15) is 0 Å². The van der Waals surface area contributed by atoms with Crippen LogP contribution in [-0.4, -0.2) is 37.2 Å². The van der Waals surface area contributed by atoms with Crippen LogP contribution < -0.4 is 0 Å². The van der Waals surface area contributed by atoms with Gasteiger partial charge in [0.2, 0.25) is 0 Å². The monoisotopic (exact) mass is 1070 g/mol. The molecule has 0 saturated heterocycles. The Bertz CT molecular complexity index is 1470. The van der Waals surface area contributed by atoms with E-state index >= 15 is 0 Å². The van der Waals surface area contributed by atoms with Gasteiger partial charge < -0.3 is 14.2 Å². The molecule has 6 heteroatoms. The fourth-order valence-electron chi connectivity index (χ4n) is 9.44. The zero-order valence-electron chi connectivity index (χ0n) is 51.0. The van der Waals surface area contributed by atoms with Gasteiger partial charge in [0.1, 0.15) is 13.2 Å². The van der Waals surface area contributed by atoms with Crippen LogP contribution in [0.5, 0.6) is 0 Å². The van der Waals surface area contributed by atoms with E-state index < -0.39 is 6.10 Å². The van der Waals surface area contributed by atoms with E-state index in [9.17, 15) is 14.4 Å². The van der Waals surface area contributed by atoms with Crippen molar-refractivity contribution in [1.29, 1.82) is 0 Å². The lowest BCUT2D eigenvalue weighted by Gasteiger charge is -2.18. The molecule has 1 unspecified atom stereocenters. The van der Waals surface area contributed by atoms with Crippen molar-refractivity contribution in [3.05, 3.63) is 85.1 Å². The van der Waals surface area contributed by atoms with Crippen LogP contribution in [-0.2, 0) is 28.6 Å². The minimum Gasteiger partial charge on any atom is -0.462 e. The highest BCUT2D eigenvalue weighted by Crippen LogP contribution is 2.17. The molecule has 0 aliphatic carbocycles. The third-order valence-corrected chi connectivity index (χ3v) is 14.4.